The predicted octanol–water partition coefficient (Wildman–Crippen LogP) is 4.41. The van der Waals surface area contributed by atoms with Gasteiger partial charge in [0.2, 0.25) is 5.91 Å². The topological polar surface area (TPSA) is 92.5 Å². The van der Waals surface area contributed by atoms with Gasteiger partial charge in [0.25, 0.3) is 11.6 Å². The van der Waals surface area contributed by atoms with E-state index in [1.165, 1.54) is 29.8 Å². The zero-order valence-corrected chi connectivity index (χ0v) is 18.3. The van der Waals surface area contributed by atoms with Crippen LogP contribution in [0.5, 0.6) is 0 Å². The third kappa shape index (κ3) is 5.61. The summed E-state index contributed by atoms with van der Waals surface area (Å²) in [4.78, 5) is 38.0. The summed E-state index contributed by atoms with van der Waals surface area (Å²) in [5.41, 5.74) is 1.22. The van der Waals surface area contributed by atoms with E-state index in [4.69, 9.17) is 11.6 Å². The molecule has 1 heterocycles. The molecular weight excluding hydrogens is 418 g/mol. The Hall–Kier alpha value is -2.93. The second kappa shape index (κ2) is 9.92. The fourth-order valence-electron chi connectivity index (χ4n) is 3.86. The minimum absolute atomic E-state index is 0.121. The smallest absolute Gasteiger partial charge is 0.270 e. The molecular formula is C23H26ClN3O4. The molecule has 1 aliphatic rings. The lowest BCUT2D eigenvalue weighted by Gasteiger charge is -2.35. The highest BCUT2D eigenvalue weighted by Crippen LogP contribution is 2.29. The van der Waals surface area contributed by atoms with Crippen LogP contribution in [0.1, 0.15) is 48.5 Å². The van der Waals surface area contributed by atoms with E-state index in [0.29, 0.717) is 24.0 Å². The van der Waals surface area contributed by atoms with Gasteiger partial charge in [0.15, 0.2) is 0 Å². The molecule has 1 saturated heterocycles. The fraction of sp³-hybridized carbons (Fsp3) is 0.391. The second-order valence-corrected chi connectivity index (χ2v) is 8.59. The second-order valence-electron chi connectivity index (χ2n) is 8.15. The number of benzene rings is 2. The number of hydrogen-bond donors (Lipinski definition) is 1. The van der Waals surface area contributed by atoms with Gasteiger partial charge in [-0.05, 0) is 48.4 Å². The molecule has 1 atom stereocenters. The number of carbonyl (C=O) groups excluding carboxylic acids is 2. The summed E-state index contributed by atoms with van der Waals surface area (Å²) in [6.45, 7) is 4.97. The maximum absolute atomic E-state index is 13.2. The Balaban J connectivity index is 1.64. The van der Waals surface area contributed by atoms with Crippen LogP contribution in [0.15, 0.2) is 48.5 Å². The van der Waals surface area contributed by atoms with Gasteiger partial charge in [0, 0.05) is 35.8 Å². The Morgan fingerprint density at radius 1 is 1.13 bits per heavy atom. The van der Waals surface area contributed by atoms with Crippen LogP contribution >= 0.6 is 11.6 Å². The van der Waals surface area contributed by atoms with Crippen LogP contribution in [-0.2, 0) is 4.79 Å². The minimum atomic E-state index is -0.696. The van der Waals surface area contributed by atoms with Gasteiger partial charge in [-0.25, -0.2) is 0 Å². The lowest BCUT2D eigenvalue weighted by atomic mass is 9.89. The van der Waals surface area contributed by atoms with E-state index in [-0.39, 0.29) is 23.1 Å². The molecule has 31 heavy (non-hydrogen) atoms. The minimum Gasteiger partial charge on any atom is -0.341 e. The third-order valence-electron chi connectivity index (χ3n) is 5.69. The number of nitro benzene ring substituents is 1. The summed E-state index contributed by atoms with van der Waals surface area (Å²) < 4.78 is 0. The summed E-state index contributed by atoms with van der Waals surface area (Å²) in [5.74, 6) is -0.363. The summed E-state index contributed by atoms with van der Waals surface area (Å²) in [7, 11) is 0. The third-order valence-corrected chi connectivity index (χ3v) is 5.94. The van der Waals surface area contributed by atoms with Gasteiger partial charge in [0.05, 0.1) is 4.92 Å². The van der Waals surface area contributed by atoms with Crippen LogP contribution in [0.25, 0.3) is 0 Å². The van der Waals surface area contributed by atoms with Crippen molar-refractivity contribution in [3.05, 3.63) is 74.8 Å². The number of halogens is 1. The van der Waals surface area contributed by atoms with Crippen LogP contribution in [0.4, 0.5) is 5.69 Å². The Kier molecular flexibility index (Phi) is 7.28. The number of piperidine rings is 1. The van der Waals surface area contributed by atoms with E-state index < -0.39 is 16.9 Å². The van der Waals surface area contributed by atoms with E-state index in [2.05, 4.69) is 5.32 Å². The average Bonchev–Trinajstić information content (AvgIpc) is 2.77. The number of rotatable bonds is 6. The molecule has 3 rings (SSSR count). The molecule has 1 N–H and O–H groups in total. The number of likely N-dealkylation sites (tertiary alicyclic amines) is 1. The van der Waals surface area contributed by atoms with Crippen molar-refractivity contribution >= 4 is 29.1 Å². The first-order chi connectivity index (χ1) is 14.8. The highest BCUT2D eigenvalue weighted by atomic mass is 35.5. The molecule has 164 valence electrons. The van der Waals surface area contributed by atoms with Crippen LogP contribution < -0.4 is 5.32 Å². The number of nitro groups is 1. The zero-order valence-electron chi connectivity index (χ0n) is 17.6. The molecule has 7 nitrogen and oxygen atoms in total. The molecule has 0 radical (unpaired) electrons. The highest BCUT2D eigenvalue weighted by Gasteiger charge is 2.32. The van der Waals surface area contributed by atoms with Gasteiger partial charge >= 0.3 is 0 Å². The summed E-state index contributed by atoms with van der Waals surface area (Å²) in [5, 5.41) is 14.5. The average molecular weight is 444 g/mol. The van der Waals surface area contributed by atoms with Gasteiger partial charge in [0.1, 0.15) is 6.04 Å². The van der Waals surface area contributed by atoms with Crippen LogP contribution in [0, 0.1) is 16.0 Å². The van der Waals surface area contributed by atoms with Crippen molar-refractivity contribution in [1.29, 1.82) is 0 Å². The SMILES string of the molecule is CC(C)[C@@H](NC(=O)c1cccc([N+](=O)[O-])c1)C(=O)N1CCC(c2ccc(Cl)cc2)CC1. The monoisotopic (exact) mass is 443 g/mol. The number of nitrogens with one attached hydrogen (secondary N) is 1. The van der Waals surface area contributed by atoms with Crippen LogP contribution in [0.3, 0.4) is 0 Å². The number of nitrogens with zero attached hydrogens (tertiary/aromatic N) is 2. The van der Waals surface area contributed by atoms with Crippen LogP contribution in [0.2, 0.25) is 5.02 Å². The first kappa shape index (κ1) is 22.7. The quantitative estimate of drug-likeness (QED) is 0.528. The maximum Gasteiger partial charge on any atom is 0.270 e. The largest absolute Gasteiger partial charge is 0.341 e. The standard InChI is InChI=1S/C23H26ClN3O4/c1-15(2)21(25-22(28)18-4-3-5-20(14-18)27(30)31)23(29)26-12-10-17(11-13-26)16-6-8-19(24)9-7-16/h3-9,14-15,17,21H,10-13H2,1-2H3,(H,25,28)/t21-/m1/s1. The first-order valence-corrected chi connectivity index (χ1v) is 10.7. The summed E-state index contributed by atoms with van der Waals surface area (Å²) >= 11 is 5.97. The predicted molar refractivity (Wildman–Crippen MR) is 119 cm³/mol. The van der Waals surface area contributed by atoms with Crippen molar-refractivity contribution in [2.45, 2.75) is 38.6 Å². The Morgan fingerprint density at radius 3 is 2.35 bits per heavy atom. The molecule has 0 saturated carbocycles. The molecule has 1 aliphatic heterocycles. The van der Waals surface area contributed by atoms with Gasteiger partial charge in [-0.3, -0.25) is 19.7 Å². The maximum atomic E-state index is 13.2. The Labute approximate surface area is 186 Å². The molecule has 1 fully saturated rings. The van der Waals surface area contributed by atoms with Gasteiger partial charge in [-0.15, -0.1) is 0 Å². The molecule has 2 aromatic carbocycles. The number of carbonyl (C=O) groups is 2. The molecule has 0 unspecified atom stereocenters. The molecule has 0 bridgehead atoms. The Bertz CT molecular complexity index is 954. The van der Waals surface area contributed by atoms with Gasteiger partial charge < -0.3 is 10.2 Å². The highest BCUT2D eigenvalue weighted by molar-refractivity contribution is 6.30. The van der Waals surface area contributed by atoms with Gasteiger partial charge in [-0.2, -0.15) is 0 Å². The van der Waals surface area contributed by atoms with E-state index in [1.807, 2.05) is 38.1 Å². The molecule has 2 amide bonds. The first-order valence-electron chi connectivity index (χ1n) is 10.4. The number of hydrogen-bond acceptors (Lipinski definition) is 4. The molecule has 0 spiro atoms. The van der Waals surface area contributed by atoms with Gasteiger partial charge in [-0.1, -0.05) is 43.6 Å². The molecule has 8 heteroatoms. The Morgan fingerprint density at radius 2 is 1.77 bits per heavy atom. The van der Waals surface area contributed by atoms with E-state index in [9.17, 15) is 19.7 Å². The number of amides is 2. The van der Waals surface area contributed by atoms with E-state index in [1.54, 1.807) is 4.90 Å². The summed E-state index contributed by atoms with van der Waals surface area (Å²) in [6, 6.07) is 12.6. The lowest BCUT2D eigenvalue weighted by Crippen LogP contribution is -2.52. The molecule has 0 aromatic heterocycles. The lowest BCUT2D eigenvalue weighted by molar-refractivity contribution is -0.384. The zero-order chi connectivity index (χ0) is 22.5. The van der Waals surface area contributed by atoms with Crippen LogP contribution in [-0.4, -0.2) is 40.8 Å². The van der Waals surface area contributed by atoms with Crippen molar-refractivity contribution < 1.29 is 14.5 Å². The van der Waals surface area contributed by atoms with Crippen molar-refractivity contribution in [2.75, 3.05) is 13.1 Å². The van der Waals surface area contributed by atoms with Crippen molar-refractivity contribution in [3.63, 3.8) is 0 Å². The van der Waals surface area contributed by atoms with Crippen molar-refractivity contribution in [1.82, 2.24) is 10.2 Å². The normalized spacial score (nSPS) is 15.5. The molecule has 0 aliphatic carbocycles. The van der Waals surface area contributed by atoms with E-state index in [0.717, 1.165) is 12.8 Å². The van der Waals surface area contributed by atoms with Crippen molar-refractivity contribution in [3.8, 4) is 0 Å². The summed E-state index contributed by atoms with van der Waals surface area (Å²) in [6.07, 6.45) is 1.69. The van der Waals surface area contributed by atoms with E-state index >= 15 is 0 Å². The fourth-order valence-corrected chi connectivity index (χ4v) is 3.99. The number of non-ortho nitro benzene ring substituents is 1. The molecule has 2 aromatic rings. The van der Waals surface area contributed by atoms with Crippen molar-refractivity contribution in [2.24, 2.45) is 5.92 Å².